The highest BCUT2D eigenvalue weighted by molar-refractivity contribution is 6.07. The Morgan fingerprint density at radius 3 is 2.34 bits per heavy atom. The molecule has 2 aromatic carbocycles. The van der Waals surface area contributed by atoms with Crippen molar-refractivity contribution >= 4 is 17.4 Å². The minimum Gasteiger partial charge on any atom is -0.406 e. The van der Waals surface area contributed by atoms with Gasteiger partial charge < -0.3 is 15.4 Å². The van der Waals surface area contributed by atoms with E-state index >= 15 is 0 Å². The van der Waals surface area contributed by atoms with Crippen LogP contribution in [-0.4, -0.2) is 17.3 Å². The van der Waals surface area contributed by atoms with Crippen LogP contribution >= 0.6 is 0 Å². The van der Waals surface area contributed by atoms with Crippen LogP contribution in [0.2, 0.25) is 0 Å². The maximum atomic E-state index is 13.0. The zero-order valence-corrected chi connectivity index (χ0v) is 14.8. The van der Waals surface area contributed by atoms with Gasteiger partial charge in [0.1, 0.15) is 17.4 Å². The fraction of sp³-hybridized carbons (Fsp3) is 0.100. The summed E-state index contributed by atoms with van der Waals surface area (Å²) < 4.78 is 53.4. The molecule has 0 bridgehead atoms. The molecule has 2 N–H and O–H groups in total. The normalized spacial score (nSPS) is 11.0. The molecule has 0 atom stereocenters. The minimum absolute atomic E-state index is 0.241. The van der Waals surface area contributed by atoms with Crippen LogP contribution in [0.15, 0.2) is 66.9 Å². The Morgan fingerprint density at radius 1 is 1.00 bits per heavy atom. The molecular weight excluding hydrogens is 390 g/mol. The number of anilines is 2. The van der Waals surface area contributed by atoms with Crippen molar-refractivity contribution in [1.82, 2.24) is 4.98 Å². The van der Waals surface area contributed by atoms with E-state index in [9.17, 15) is 22.4 Å². The van der Waals surface area contributed by atoms with E-state index in [0.717, 1.165) is 17.7 Å². The van der Waals surface area contributed by atoms with Gasteiger partial charge in [-0.05, 0) is 54.1 Å². The number of nitrogens with zero attached hydrogens (tertiary/aromatic N) is 1. The van der Waals surface area contributed by atoms with Crippen molar-refractivity contribution in [2.75, 3.05) is 10.6 Å². The number of carbonyl (C=O) groups excluding carboxylic acids is 1. The second-order valence-corrected chi connectivity index (χ2v) is 5.91. The second-order valence-electron chi connectivity index (χ2n) is 5.91. The molecule has 0 fully saturated rings. The summed E-state index contributed by atoms with van der Waals surface area (Å²) >= 11 is 0. The number of carbonyl (C=O) groups is 1. The Morgan fingerprint density at radius 2 is 1.69 bits per heavy atom. The van der Waals surface area contributed by atoms with E-state index < -0.39 is 18.0 Å². The second kappa shape index (κ2) is 8.59. The maximum absolute atomic E-state index is 13.0. The van der Waals surface area contributed by atoms with Gasteiger partial charge in [-0.2, -0.15) is 0 Å². The van der Waals surface area contributed by atoms with Crippen LogP contribution in [0.1, 0.15) is 15.9 Å². The van der Waals surface area contributed by atoms with E-state index in [-0.39, 0.29) is 17.1 Å². The summed E-state index contributed by atoms with van der Waals surface area (Å²) in [5.74, 6) is -0.924. The first-order chi connectivity index (χ1) is 13.8. The number of alkyl halides is 3. The van der Waals surface area contributed by atoms with Crippen LogP contribution in [0.4, 0.5) is 29.1 Å². The first-order valence-electron chi connectivity index (χ1n) is 8.41. The Labute approximate surface area is 163 Å². The van der Waals surface area contributed by atoms with Crippen molar-refractivity contribution in [1.29, 1.82) is 0 Å². The smallest absolute Gasteiger partial charge is 0.406 e. The van der Waals surface area contributed by atoms with Crippen molar-refractivity contribution in [2.45, 2.75) is 12.9 Å². The Hall–Kier alpha value is -3.62. The van der Waals surface area contributed by atoms with Crippen LogP contribution in [0.25, 0.3) is 0 Å². The van der Waals surface area contributed by atoms with Crippen LogP contribution in [-0.2, 0) is 6.54 Å². The summed E-state index contributed by atoms with van der Waals surface area (Å²) in [6.07, 6.45) is -3.28. The number of pyridine rings is 1. The van der Waals surface area contributed by atoms with Gasteiger partial charge in [0.2, 0.25) is 0 Å². The first-order valence-corrected chi connectivity index (χ1v) is 8.41. The van der Waals surface area contributed by atoms with E-state index in [1.165, 1.54) is 30.5 Å². The monoisotopic (exact) mass is 405 g/mol. The van der Waals surface area contributed by atoms with E-state index in [1.54, 1.807) is 24.3 Å². The number of aromatic nitrogens is 1. The van der Waals surface area contributed by atoms with Crippen LogP contribution in [0.5, 0.6) is 5.75 Å². The Balaban J connectivity index is 1.67. The van der Waals surface area contributed by atoms with Crippen molar-refractivity contribution < 1.29 is 27.1 Å². The number of hydrogen-bond donors (Lipinski definition) is 2. The average Bonchev–Trinajstić information content (AvgIpc) is 2.68. The fourth-order valence-electron chi connectivity index (χ4n) is 2.46. The summed E-state index contributed by atoms with van der Waals surface area (Å²) in [5.41, 5.74) is 1.33. The molecule has 0 radical (unpaired) electrons. The summed E-state index contributed by atoms with van der Waals surface area (Å²) in [5, 5.41) is 5.60. The van der Waals surface area contributed by atoms with Crippen molar-refractivity contribution in [3.8, 4) is 5.75 Å². The minimum atomic E-state index is -4.79. The van der Waals surface area contributed by atoms with E-state index in [1.807, 2.05) is 0 Å². The molecule has 3 aromatic rings. The summed E-state index contributed by atoms with van der Waals surface area (Å²) in [7, 11) is 0. The van der Waals surface area contributed by atoms with Gasteiger partial charge in [-0.1, -0.05) is 12.1 Å². The van der Waals surface area contributed by atoms with Crippen LogP contribution < -0.4 is 15.4 Å². The Bertz CT molecular complexity index is 974. The standard InChI is InChI=1S/C20H15F4N3O2/c21-14-5-3-13(4-6-14)12-26-18-17(2-1-11-25-18)19(28)27-15-7-9-16(10-8-15)29-20(22,23)24/h1-11H,12H2,(H,25,26)(H,27,28). The number of halogens is 4. The van der Waals surface area contributed by atoms with E-state index in [4.69, 9.17) is 0 Å². The number of hydrogen-bond acceptors (Lipinski definition) is 4. The lowest BCUT2D eigenvalue weighted by Crippen LogP contribution is -2.17. The third-order valence-electron chi connectivity index (χ3n) is 3.77. The van der Waals surface area contributed by atoms with Gasteiger partial charge in [0.05, 0.1) is 5.56 Å². The summed E-state index contributed by atoms with van der Waals surface area (Å²) in [4.78, 5) is 16.7. The molecule has 0 saturated carbocycles. The van der Waals surface area contributed by atoms with Gasteiger partial charge in [0.25, 0.3) is 5.91 Å². The molecule has 0 aliphatic rings. The van der Waals surface area contributed by atoms with Crippen molar-refractivity contribution in [3.63, 3.8) is 0 Å². The van der Waals surface area contributed by atoms with E-state index in [0.29, 0.717) is 12.4 Å². The van der Waals surface area contributed by atoms with Crippen molar-refractivity contribution in [2.24, 2.45) is 0 Å². The van der Waals surface area contributed by atoms with Gasteiger partial charge >= 0.3 is 6.36 Å². The quantitative estimate of drug-likeness (QED) is 0.568. The highest BCUT2D eigenvalue weighted by atomic mass is 19.4. The van der Waals surface area contributed by atoms with Gasteiger partial charge in [-0.25, -0.2) is 9.37 Å². The Kier molecular flexibility index (Phi) is 5.96. The molecule has 3 rings (SSSR count). The van der Waals surface area contributed by atoms with Gasteiger partial charge in [0, 0.05) is 18.4 Å². The molecule has 0 spiro atoms. The largest absolute Gasteiger partial charge is 0.573 e. The number of ether oxygens (including phenoxy) is 1. The molecule has 0 aliphatic heterocycles. The molecule has 0 unspecified atom stereocenters. The highest BCUT2D eigenvalue weighted by Gasteiger charge is 2.31. The van der Waals surface area contributed by atoms with Gasteiger partial charge in [0.15, 0.2) is 0 Å². The van der Waals surface area contributed by atoms with E-state index in [2.05, 4.69) is 20.4 Å². The SMILES string of the molecule is O=C(Nc1ccc(OC(F)(F)F)cc1)c1cccnc1NCc1ccc(F)cc1. The lowest BCUT2D eigenvalue weighted by atomic mass is 10.2. The molecular formula is C20H15F4N3O2. The topological polar surface area (TPSA) is 63.2 Å². The average molecular weight is 405 g/mol. The van der Waals surface area contributed by atoms with Crippen molar-refractivity contribution in [3.05, 3.63) is 83.8 Å². The third-order valence-corrected chi connectivity index (χ3v) is 3.77. The third kappa shape index (κ3) is 5.93. The first kappa shape index (κ1) is 20.1. The number of amides is 1. The summed E-state index contributed by atoms with van der Waals surface area (Å²) in [6, 6.07) is 13.8. The van der Waals surface area contributed by atoms with Crippen LogP contribution in [0, 0.1) is 5.82 Å². The zero-order valence-electron chi connectivity index (χ0n) is 14.8. The fourth-order valence-corrected chi connectivity index (χ4v) is 2.46. The molecule has 1 amide bonds. The molecule has 5 nitrogen and oxygen atoms in total. The number of nitrogens with one attached hydrogen (secondary N) is 2. The lowest BCUT2D eigenvalue weighted by molar-refractivity contribution is -0.274. The molecule has 1 aromatic heterocycles. The maximum Gasteiger partial charge on any atom is 0.573 e. The van der Waals surface area contributed by atoms with Gasteiger partial charge in [-0.3, -0.25) is 4.79 Å². The predicted molar refractivity (Wildman–Crippen MR) is 99.0 cm³/mol. The molecule has 150 valence electrons. The molecule has 0 aliphatic carbocycles. The lowest BCUT2D eigenvalue weighted by Gasteiger charge is -2.12. The highest BCUT2D eigenvalue weighted by Crippen LogP contribution is 2.24. The number of rotatable bonds is 6. The zero-order chi connectivity index (χ0) is 20.9. The molecule has 0 saturated heterocycles. The number of benzene rings is 2. The van der Waals surface area contributed by atoms with Crippen LogP contribution in [0.3, 0.4) is 0 Å². The summed E-state index contributed by atoms with van der Waals surface area (Å²) in [6.45, 7) is 0.320. The molecule has 9 heteroatoms. The predicted octanol–water partition coefficient (Wildman–Crippen LogP) is 4.98. The molecule has 29 heavy (non-hydrogen) atoms. The molecule has 1 heterocycles. The van der Waals surface area contributed by atoms with Gasteiger partial charge in [-0.15, -0.1) is 13.2 Å².